The number of carbonyl (C=O) groups excluding carboxylic acids is 1. The van der Waals surface area contributed by atoms with E-state index in [0.29, 0.717) is 6.04 Å². The lowest BCUT2D eigenvalue weighted by atomic mass is 10.1. The van der Waals surface area contributed by atoms with E-state index in [1.807, 2.05) is 68.4 Å². The van der Waals surface area contributed by atoms with Crippen LogP contribution in [0.3, 0.4) is 0 Å². The Morgan fingerprint density at radius 3 is 2.93 bits per heavy atom. The third-order valence-corrected chi connectivity index (χ3v) is 5.89. The van der Waals surface area contributed by atoms with Crippen LogP contribution in [0, 0.1) is 6.92 Å². The van der Waals surface area contributed by atoms with Crippen LogP contribution in [0.5, 0.6) is 0 Å². The first kappa shape index (κ1) is 20.1. The Morgan fingerprint density at radius 1 is 1.46 bits per heavy atom. The number of nitrogens with one attached hydrogen (secondary N) is 1. The minimum Gasteiger partial charge on any atom is -0.382 e. The molecule has 0 aromatic carbocycles. The van der Waals surface area contributed by atoms with Crippen molar-refractivity contribution in [1.82, 2.24) is 9.88 Å². The van der Waals surface area contributed by atoms with E-state index in [-0.39, 0.29) is 12.3 Å². The first-order valence-electron chi connectivity index (χ1n) is 9.57. The van der Waals surface area contributed by atoms with Gasteiger partial charge >= 0.3 is 0 Å². The normalized spacial score (nSPS) is 14.9. The van der Waals surface area contributed by atoms with Gasteiger partial charge in [-0.2, -0.15) is 0 Å². The van der Waals surface area contributed by atoms with Crippen LogP contribution in [0.15, 0.2) is 61.1 Å². The lowest BCUT2D eigenvalue weighted by Crippen LogP contribution is -2.19. The molecular formula is C23H27N3OS. The Bertz CT molecular complexity index is 964. The molecule has 146 valence electrons. The molecule has 0 saturated heterocycles. The maximum Gasteiger partial charge on any atom is 0.192 e. The monoisotopic (exact) mass is 393 g/mol. The van der Waals surface area contributed by atoms with E-state index in [9.17, 15) is 4.79 Å². The highest BCUT2D eigenvalue weighted by atomic mass is 32.1. The first-order valence-corrected chi connectivity index (χ1v) is 10.4. The highest BCUT2D eigenvalue weighted by molar-refractivity contribution is 7.20. The Kier molecular flexibility index (Phi) is 6.47. The molecule has 1 aliphatic carbocycles. The van der Waals surface area contributed by atoms with Crippen molar-refractivity contribution in [2.24, 2.45) is 0 Å². The van der Waals surface area contributed by atoms with Crippen LogP contribution in [0.2, 0.25) is 0 Å². The second-order valence-electron chi connectivity index (χ2n) is 7.04. The molecule has 2 aromatic rings. The highest BCUT2D eigenvalue weighted by Gasteiger charge is 2.24. The molecule has 0 amide bonds. The van der Waals surface area contributed by atoms with Crippen LogP contribution < -0.4 is 5.32 Å². The number of allylic oxidation sites excluding steroid dienone is 5. The van der Waals surface area contributed by atoms with E-state index in [2.05, 4.69) is 16.9 Å². The summed E-state index contributed by atoms with van der Waals surface area (Å²) in [6.45, 7) is 10.1. The average molecular weight is 394 g/mol. The minimum absolute atomic E-state index is 0.0802. The van der Waals surface area contributed by atoms with Crippen molar-refractivity contribution in [3.63, 3.8) is 0 Å². The summed E-state index contributed by atoms with van der Waals surface area (Å²) in [5.74, 6) is 0.0802. The number of aryl methyl sites for hydroxylation is 1. The summed E-state index contributed by atoms with van der Waals surface area (Å²) in [6, 6.07) is 2.57. The minimum atomic E-state index is 0.0802. The molecule has 4 nitrogen and oxygen atoms in total. The van der Waals surface area contributed by atoms with Gasteiger partial charge in [-0.15, -0.1) is 11.3 Å². The second kappa shape index (κ2) is 9.02. The lowest BCUT2D eigenvalue weighted by molar-refractivity contribution is 0.0973. The highest BCUT2D eigenvalue weighted by Crippen LogP contribution is 2.36. The summed E-state index contributed by atoms with van der Waals surface area (Å²) in [7, 11) is 0. The number of carbonyl (C=O) groups is 1. The largest absolute Gasteiger partial charge is 0.382 e. The molecule has 1 fully saturated rings. The number of nitrogens with zero attached hydrogens (tertiary/aromatic N) is 2. The van der Waals surface area contributed by atoms with E-state index < -0.39 is 0 Å². The van der Waals surface area contributed by atoms with Crippen molar-refractivity contribution in [3.05, 3.63) is 71.6 Å². The molecular weight excluding hydrogens is 366 g/mol. The molecule has 0 aliphatic heterocycles. The van der Waals surface area contributed by atoms with Crippen LogP contribution in [0.1, 0.15) is 41.9 Å². The number of pyridine rings is 1. The van der Waals surface area contributed by atoms with Gasteiger partial charge in [0, 0.05) is 29.5 Å². The average Bonchev–Trinajstić information content (AvgIpc) is 3.42. The maximum absolute atomic E-state index is 13.0. The molecule has 1 aliphatic rings. The summed E-state index contributed by atoms with van der Waals surface area (Å²) in [6.07, 6.45) is 15.8. The van der Waals surface area contributed by atoms with Gasteiger partial charge in [0.05, 0.1) is 11.4 Å². The fourth-order valence-electron chi connectivity index (χ4n) is 3.04. The SMILES string of the molecule is C=CN(/C=C/C=C(C)\C=C/C)CC(=O)c1sc2nccc(NC3CC3)c2c1C. The van der Waals surface area contributed by atoms with Crippen molar-refractivity contribution in [3.8, 4) is 0 Å². The van der Waals surface area contributed by atoms with E-state index in [0.717, 1.165) is 31.9 Å². The molecule has 1 N–H and O–H groups in total. The van der Waals surface area contributed by atoms with Crippen molar-refractivity contribution >= 4 is 33.0 Å². The van der Waals surface area contributed by atoms with Gasteiger partial charge in [0.1, 0.15) is 4.83 Å². The number of fused-ring (bicyclic) bond motifs is 1. The Balaban J connectivity index is 1.78. The van der Waals surface area contributed by atoms with Gasteiger partial charge in [0.15, 0.2) is 5.78 Å². The number of aromatic nitrogens is 1. The number of hydrogen-bond acceptors (Lipinski definition) is 5. The van der Waals surface area contributed by atoms with E-state index in [1.54, 1.807) is 6.20 Å². The zero-order chi connectivity index (χ0) is 20.1. The Morgan fingerprint density at radius 2 is 2.25 bits per heavy atom. The van der Waals surface area contributed by atoms with Crippen LogP contribution in [0.25, 0.3) is 10.2 Å². The molecule has 0 atom stereocenters. The predicted molar refractivity (Wildman–Crippen MR) is 120 cm³/mol. The number of ketones is 1. The van der Waals surface area contributed by atoms with Gasteiger partial charge in [-0.1, -0.05) is 30.4 Å². The summed E-state index contributed by atoms with van der Waals surface area (Å²) in [4.78, 5) is 20.9. The van der Waals surface area contributed by atoms with Crippen molar-refractivity contribution in [2.45, 2.75) is 39.7 Å². The topological polar surface area (TPSA) is 45.2 Å². The fourth-order valence-corrected chi connectivity index (χ4v) is 4.15. The van der Waals surface area contributed by atoms with Crippen molar-refractivity contribution in [2.75, 3.05) is 11.9 Å². The van der Waals surface area contributed by atoms with Crippen LogP contribution >= 0.6 is 11.3 Å². The molecule has 2 heterocycles. The van der Waals surface area contributed by atoms with Gasteiger partial charge in [0.2, 0.25) is 0 Å². The molecule has 5 heteroatoms. The molecule has 0 spiro atoms. The Hall–Kier alpha value is -2.66. The molecule has 1 saturated carbocycles. The molecule has 28 heavy (non-hydrogen) atoms. The molecule has 0 bridgehead atoms. The summed E-state index contributed by atoms with van der Waals surface area (Å²) < 4.78 is 0. The van der Waals surface area contributed by atoms with Crippen LogP contribution in [-0.4, -0.2) is 28.3 Å². The Labute approximate surface area is 171 Å². The zero-order valence-electron chi connectivity index (χ0n) is 16.7. The molecule has 0 radical (unpaired) electrons. The van der Waals surface area contributed by atoms with Crippen LogP contribution in [0.4, 0.5) is 5.69 Å². The summed E-state index contributed by atoms with van der Waals surface area (Å²) in [5.41, 5.74) is 3.25. The number of Topliss-reactive ketones (excluding diaryl/α,β-unsaturated/α-hetero) is 1. The van der Waals surface area contributed by atoms with Gasteiger partial charge in [-0.3, -0.25) is 4.79 Å². The number of anilines is 1. The molecule has 0 unspecified atom stereocenters. The van der Waals surface area contributed by atoms with E-state index in [4.69, 9.17) is 0 Å². The van der Waals surface area contributed by atoms with Crippen LogP contribution in [-0.2, 0) is 0 Å². The second-order valence-corrected chi connectivity index (χ2v) is 8.04. The zero-order valence-corrected chi connectivity index (χ0v) is 17.6. The summed E-state index contributed by atoms with van der Waals surface area (Å²) in [5, 5.41) is 4.64. The standard InChI is InChI=1S/C23H27N3OS/c1-5-8-16(3)9-7-14-26(6-2)15-20(27)22-17(4)21-19(25-18-10-11-18)12-13-24-23(21)28-22/h5-9,12-14,18H,2,10-11,15H2,1,3-4H3,(H,24,25)/b8-5-,14-7+,16-9-. The number of rotatable bonds is 9. The quantitative estimate of drug-likeness (QED) is 0.429. The third-order valence-electron chi connectivity index (χ3n) is 4.65. The van der Waals surface area contributed by atoms with Gasteiger partial charge in [0.25, 0.3) is 0 Å². The predicted octanol–water partition coefficient (Wildman–Crippen LogP) is 5.84. The van der Waals surface area contributed by atoms with Crippen molar-refractivity contribution in [1.29, 1.82) is 0 Å². The number of hydrogen-bond donors (Lipinski definition) is 1. The molecule has 2 aromatic heterocycles. The smallest absolute Gasteiger partial charge is 0.192 e. The van der Waals surface area contributed by atoms with Gasteiger partial charge < -0.3 is 10.2 Å². The van der Waals surface area contributed by atoms with E-state index >= 15 is 0 Å². The summed E-state index contributed by atoms with van der Waals surface area (Å²) >= 11 is 1.47. The third kappa shape index (κ3) is 4.78. The first-order chi connectivity index (χ1) is 13.5. The lowest BCUT2D eigenvalue weighted by Gasteiger charge is -2.13. The van der Waals surface area contributed by atoms with Gasteiger partial charge in [-0.25, -0.2) is 4.98 Å². The van der Waals surface area contributed by atoms with Crippen molar-refractivity contribution < 1.29 is 4.79 Å². The number of thiophene rings is 1. The fraction of sp³-hybridized carbons (Fsp3) is 0.304. The van der Waals surface area contributed by atoms with Gasteiger partial charge in [-0.05, 0) is 57.5 Å². The van der Waals surface area contributed by atoms with E-state index in [1.165, 1.54) is 24.2 Å². The maximum atomic E-state index is 13.0. The molecule has 3 rings (SSSR count).